The minimum Gasteiger partial charge on any atom is -0.481 e. The summed E-state index contributed by atoms with van der Waals surface area (Å²) < 4.78 is 44.0. The number of carbonyl (C=O) groups is 1. The average Bonchev–Trinajstić information content (AvgIpc) is 2.74. The van der Waals surface area contributed by atoms with Gasteiger partial charge in [-0.15, -0.1) is 0 Å². The number of alkyl halides is 3. The van der Waals surface area contributed by atoms with Gasteiger partial charge in [-0.1, -0.05) is 0 Å². The van der Waals surface area contributed by atoms with Crippen LogP contribution in [0.2, 0.25) is 0 Å². The van der Waals surface area contributed by atoms with Crippen LogP contribution in [0.5, 0.6) is 0 Å². The van der Waals surface area contributed by atoms with Crippen molar-refractivity contribution in [3.63, 3.8) is 0 Å². The van der Waals surface area contributed by atoms with Gasteiger partial charge in [0, 0.05) is 37.1 Å². The van der Waals surface area contributed by atoms with Crippen LogP contribution in [-0.2, 0) is 17.1 Å². The fourth-order valence-electron chi connectivity index (χ4n) is 5.97. The van der Waals surface area contributed by atoms with E-state index >= 15 is 8.78 Å². The van der Waals surface area contributed by atoms with Crippen molar-refractivity contribution in [3.8, 4) is 6.07 Å². The van der Waals surface area contributed by atoms with Crippen LogP contribution in [0.3, 0.4) is 0 Å². The Labute approximate surface area is 178 Å². The molecule has 3 saturated heterocycles. The van der Waals surface area contributed by atoms with E-state index in [1.54, 1.807) is 11.8 Å². The van der Waals surface area contributed by atoms with E-state index in [-0.39, 0.29) is 54.1 Å². The minimum atomic E-state index is -3.13. The van der Waals surface area contributed by atoms with Gasteiger partial charge < -0.3 is 14.9 Å². The fourth-order valence-corrected chi connectivity index (χ4v) is 5.97. The molecule has 1 N–H and O–H groups in total. The Hall–Kier alpha value is -2.50. The molecule has 6 nitrogen and oxygen atoms in total. The van der Waals surface area contributed by atoms with Gasteiger partial charge in [-0.3, -0.25) is 4.79 Å². The zero-order valence-corrected chi connectivity index (χ0v) is 17.3. The highest BCUT2D eigenvalue weighted by Gasteiger charge is 2.50. The summed E-state index contributed by atoms with van der Waals surface area (Å²) >= 11 is 0. The maximum atomic E-state index is 15.1. The Balaban J connectivity index is 1.57. The van der Waals surface area contributed by atoms with Crippen LogP contribution in [0.25, 0.3) is 0 Å². The second-order valence-corrected chi connectivity index (χ2v) is 9.49. The molecule has 166 valence electrons. The van der Waals surface area contributed by atoms with Crippen molar-refractivity contribution in [2.24, 2.45) is 17.8 Å². The lowest BCUT2D eigenvalue weighted by Crippen LogP contribution is -2.58. The zero-order chi connectivity index (χ0) is 22.1. The molecule has 2 bridgehead atoms. The minimum absolute atomic E-state index is 0.0403. The predicted molar refractivity (Wildman–Crippen MR) is 107 cm³/mol. The van der Waals surface area contributed by atoms with E-state index in [9.17, 15) is 14.4 Å². The number of pyridine rings is 1. The Morgan fingerprint density at radius 2 is 2.00 bits per heavy atom. The number of nitriles is 1. The van der Waals surface area contributed by atoms with E-state index < -0.39 is 24.1 Å². The van der Waals surface area contributed by atoms with Crippen molar-refractivity contribution in [2.45, 2.75) is 57.2 Å². The molecule has 31 heavy (non-hydrogen) atoms. The molecule has 0 spiro atoms. The first-order valence-electron chi connectivity index (χ1n) is 10.9. The molecule has 0 amide bonds. The van der Waals surface area contributed by atoms with Crippen LogP contribution < -0.4 is 9.80 Å². The molecule has 1 aromatic heterocycles. The molecular weight excluding hydrogens is 409 g/mol. The van der Waals surface area contributed by atoms with E-state index in [0.717, 1.165) is 6.42 Å². The van der Waals surface area contributed by atoms with E-state index in [1.165, 1.54) is 0 Å². The summed E-state index contributed by atoms with van der Waals surface area (Å²) in [5, 5.41) is 18.9. The number of nitrogens with zero attached hydrogens (tertiary/aromatic N) is 4. The summed E-state index contributed by atoms with van der Waals surface area (Å²) in [5.41, 5.74) is 0.0582. The fraction of sp³-hybridized carbons (Fsp3) is 0.682. The van der Waals surface area contributed by atoms with E-state index in [2.05, 4.69) is 0 Å². The van der Waals surface area contributed by atoms with Crippen molar-refractivity contribution >= 4 is 17.6 Å². The second kappa shape index (κ2) is 7.01. The molecular formula is C22H25F3N4O2. The van der Waals surface area contributed by atoms with Gasteiger partial charge in [-0.2, -0.15) is 5.26 Å². The summed E-state index contributed by atoms with van der Waals surface area (Å²) in [4.78, 5) is 19.5. The largest absolute Gasteiger partial charge is 0.481 e. The third kappa shape index (κ3) is 3.06. The lowest BCUT2D eigenvalue weighted by atomic mass is 9.60. The number of piperidine rings is 2. The van der Waals surface area contributed by atoms with Crippen LogP contribution in [0.1, 0.15) is 49.3 Å². The van der Waals surface area contributed by atoms with Gasteiger partial charge in [-0.05, 0) is 43.9 Å². The number of aliphatic carboxylic acids is 1. The summed E-state index contributed by atoms with van der Waals surface area (Å²) in [6.07, 6.45) is 0.428. The van der Waals surface area contributed by atoms with Crippen molar-refractivity contribution in [3.05, 3.63) is 16.7 Å². The zero-order valence-electron chi connectivity index (χ0n) is 17.3. The number of hydrogen-bond acceptors (Lipinski definition) is 5. The second-order valence-electron chi connectivity index (χ2n) is 9.49. The maximum absolute atomic E-state index is 15.1. The smallest absolute Gasteiger partial charge is 0.303 e. The first-order chi connectivity index (χ1) is 14.7. The van der Waals surface area contributed by atoms with Crippen molar-refractivity contribution in [1.82, 2.24) is 4.98 Å². The first kappa shape index (κ1) is 20.4. The van der Waals surface area contributed by atoms with Gasteiger partial charge in [0.25, 0.3) is 5.92 Å². The Bertz CT molecular complexity index is 966. The third-order valence-corrected chi connectivity index (χ3v) is 7.75. The molecule has 9 heteroatoms. The number of anilines is 2. The Morgan fingerprint density at radius 3 is 2.58 bits per heavy atom. The van der Waals surface area contributed by atoms with Gasteiger partial charge >= 0.3 is 5.97 Å². The number of carboxylic acid groups (broad SMARTS) is 1. The highest BCUT2D eigenvalue weighted by molar-refractivity contribution is 5.70. The summed E-state index contributed by atoms with van der Waals surface area (Å²) in [7, 11) is 0. The van der Waals surface area contributed by atoms with Gasteiger partial charge in [0.1, 0.15) is 29.4 Å². The molecule has 1 saturated carbocycles. The molecule has 4 heterocycles. The van der Waals surface area contributed by atoms with Crippen molar-refractivity contribution in [1.29, 1.82) is 5.26 Å². The maximum Gasteiger partial charge on any atom is 0.303 e. The van der Waals surface area contributed by atoms with Crippen LogP contribution in [0, 0.1) is 29.1 Å². The highest BCUT2D eigenvalue weighted by atomic mass is 19.3. The predicted octanol–water partition coefficient (Wildman–Crippen LogP) is 3.47. The molecule has 4 fully saturated rings. The highest BCUT2D eigenvalue weighted by Crippen LogP contribution is 2.52. The summed E-state index contributed by atoms with van der Waals surface area (Å²) in [6.45, 7) is 2.86. The van der Waals surface area contributed by atoms with Crippen LogP contribution in [0.15, 0.2) is 0 Å². The van der Waals surface area contributed by atoms with Crippen LogP contribution in [-0.4, -0.2) is 47.9 Å². The molecule has 3 aliphatic heterocycles. The third-order valence-electron chi connectivity index (χ3n) is 7.75. The van der Waals surface area contributed by atoms with E-state index in [4.69, 9.17) is 10.1 Å². The number of halogens is 3. The molecule has 5 aliphatic rings. The Kier molecular flexibility index (Phi) is 4.61. The van der Waals surface area contributed by atoms with E-state index in [0.29, 0.717) is 37.3 Å². The normalized spacial score (nSPS) is 33.1. The quantitative estimate of drug-likeness (QED) is 0.782. The molecule has 0 radical (unpaired) electrons. The Morgan fingerprint density at radius 1 is 1.29 bits per heavy atom. The first-order valence-corrected chi connectivity index (χ1v) is 10.9. The summed E-state index contributed by atoms with van der Waals surface area (Å²) in [6, 6.07) is 1.43. The van der Waals surface area contributed by atoms with Crippen LogP contribution >= 0.6 is 0 Å². The topological polar surface area (TPSA) is 80.5 Å². The number of carboxylic acids is 1. The SMILES string of the molecule is CC1C(F)CN1c1nc(N2CC3CC(C2)C3CC(=O)O)c2c(c1C#N)C(F)(F)CCC2. The van der Waals surface area contributed by atoms with Gasteiger partial charge in [0.15, 0.2) is 0 Å². The summed E-state index contributed by atoms with van der Waals surface area (Å²) in [5.74, 6) is -2.79. The van der Waals surface area contributed by atoms with Gasteiger partial charge in [0.05, 0.1) is 12.6 Å². The molecule has 2 aliphatic carbocycles. The number of hydrogen-bond donors (Lipinski definition) is 1. The molecule has 0 aromatic carbocycles. The number of fused-ring (bicyclic) bond motifs is 3. The van der Waals surface area contributed by atoms with Gasteiger partial charge in [0.2, 0.25) is 0 Å². The standard InChI is InChI=1S/C22H25F3N4O2/c1-11-17(23)10-29(11)21-16(7-26)19-14(3-2-4-22(19,24)25)20(27-21)28-8-12-5-13(9-28)15(12)6-18(30)31/h11-13,15,17H,2-6,8-10H2,1H3,(H,30,31). The number of rotatable bonds is 4. The monoisotopic (exact) mass is 434 g/mol. The van der Waals surface area contributed by atoms with Crippen LogP contribution in [0.4, 0.5) is 24.8 Å². The lowest BCUT2D eigenvalue weighted by molar-refractivity contribution is -0.141. The molecule has 4 unspecified atom stereocenters. The molecule has 4 atom stereocenters. The lowest BCUT2D eigenvalue weighted by Gasteiger charge is -2.54. The van der Waals surface area contributed by atoms with Gasteiger partial charge in [-0.25, -0.2) is 18.2 Å². The number of aromatic nitrogens is 1. The average molecular weight is 434 g/mol. The van der Waals surface area contributed by atoms with E-state index in [1.807, 2.05) is 11.0 Å². The van der Waals surface area contributed by atoms with Crippen molar-refractivity contribution in [2.75, 3.05) is 29.4 Å². The molecule has 1 aromatic rings. The van der Waals surface area contributed by atoms with Crippen molar-refractivity contribution < 1.29 is 23.1 Å². The molecule has 6 rings (SSSR count).